The predicted octanol–water partition coefficient (Wildman–Crippen LogP) is 5.29. The minimum Gasteiger partial charge on any atom is -0.383 e. The fourth-order valence-electron chi connectivity index (χ4n) is 4.49. The molecule has 8 heteroatoms. The topological polar surface area (TPSA) is 87.4 Å². The van der Waals surface area contributed by atoms with Gasteiger partial charge >= 0.3 is 0 Å². The van der Waals surface area contributed by atoms with Crippen molar-refractivity contribution in [2.75, 3.05) is 38.3 Å². The minimum atomic E-state index is -3.94. The molecule has 0 bridgehead atoms. The maximum absolute atomic E-state index is 12.7. The second kappa shape index (κ2) is 12.2. The third kappa shape index (κ3) is 5.98. The van der Waals surface area contributed by atoms with Crippen LogP contribution < -0.4 is 9.62 Å². The van der Waals surface area contributed by atoms with Crippen LogP contribution in [0.1, 0.15) is 39.3 Å². The molecule has 0 aliphatic rings. The standard InChI is InChI=1S/C28H36N4O3S/c1-6-15-32(16-7-2)25-11-10-22-18-24(9-8-23(22)19-25)27-13-12-26(31(27)4)21(3)28(20-29)36(33,34)30-14-17-35-5/h8-13,18-19,30H,6-7,14-17H2,1-5H3/b28-21+. The number of nitrogens with zero attached hydrogens (tertiary/aromatic N) is 3. The summed E-state index contributed by atoms with van der Waals surface area (Å²) in [5.74, 6) is 0. The first-order valence-corrected chi connectivity index (χ1v) is 13.8. The lowest BCUT2D eigenvalue weighted by atomic mass is 10.0. The summed E-state index contributed by atoms with van der Waals surface area (Å²) < 4.78 is 34.6. The van der Waals surface area contributed by atoms with Crippen molar-refractivity contribution in [2.24, 2.45) is 7.05 Å². The zero-order valence-electron chi connectivity index (χ0n) is 21.8. The van der Waals surface area contributed by atoms with E-state index in [0.717, 1.165) is 42.6 Å². The van der Waals surface area contributed by atoms with Crippen LogP contribution in [0.25, 0.3) is 27.6 Å². The average molecular weight is 509 g/mol. The second-order valence-electron chi connectivity index (χ2n) is 8.85. The highest BCUT2D eigenvalue weighted by Gasteiger charge is 2.22. The number of rotatable bonds is 12. The van der Waals surface area contributed by atoms with Gasteiger partial charge < -0.3 is 14.2 Å². The van der Waals surface area contributed by atoms with Gasteiger partial charge in [0.25, 0.3) is 10.0 Å². The summed E-state index contributed by atoms with van der Waals surface area (Å²) in [6.07, 6.45) is 2.22. The molecule has 0 radical (unpaired) electrons. The molecule has 2 aromatic carbocycles. The van der Waals surface area contributed by atoms with E-state index >= 15 is 0 Å². The molecule has 0 amide bonds. The van der Waals surface area contributed by atoms with Crippen LogP contribution in [0.3, 0.4) is 0 Å². The Kier molecular flexibility index (Phi) is 9.32. The number of anilines is 1. The highest BCUT2D eigenvalue weighted by Crippen LogP contribution is 2.31. The van der Waals surface area contributed by atoms with Gasteiger partial charge in [-0.2, -0.15) is 5.26 Å². The van der Waals surface area contributed by atoms with Crippen LogP contribution in [0.2, 0.25) is 0 Å². The van der Waals surface area contributed by atoms with Crippen LogP contribution in [0.15, 0.2) is 53.4 Å². The Morgan fingerprint density at radius 2 is 1.72 bits per heavy atom. The Bertz CT molecular complexity index is 1380. The summed E-state index contributed by atoms with van der Waals surface area (Å²) in [5, 5.41) is 12.0. The van der Waals surface area contributed by atoms with Crippen LogP contribution >= 0.6 is 0 Å². The fraction of sp³-hybridized carbons (Fsp3) is 0.393. The fourth-order valence-corrected chi connectivity index (χ4v) is 5.61. The molecule has 3 rings (SSSR count). The second-order valence-corrected chi connectivity index (χ2v) is 10.6. The predicted molar refractivity (Wildman–Crippen MR) is 148 cm³/mol. The van der Waals surface area contributed by atoms with Gasteiger partial charge in [-0.15, -0.1) is 0 Å². The molecule has 1 aromatic heterocycles. The van der Waals surface area contributed by atoms with E-state index in [1.807, 2.05) is 29.8 Å². The number of nitriles is 1. The van der Waals surface area contributed by atoms with Crippen LogP contribution in [0.4, 0.5) is 5.69 Å². The Morgan fingerprint density at radius 1 is 1.06 bits per heavy atom. The number of hydrogen-bond acceptors (Lipinski definition) is 5. The smallest absolute Gasteiger partial charge is 0.251 e. The van der Waals surface area contributed by atoms with Gasteiger partial charge in [0.1, 0.15) is 6.07 Å². The molecule has 0 unspecified atom stereocenters. The third-order valence-electron chi connectivity index (χ3n) is 6.29. The van der Waals surface area contributed by atoms with Gasteiger partial charge in [0.2, 0.25) is 0 Å². The summed E-state index contributed by atoms with van der Waals surface area (Å²) in [7, 11) is -0.566. The minimum absolute atomic E-state index is 0.100. The van der Waals surface area contributed by atoms with E-state index in [2.05, 4.69) is 59.9 Å². The third-order valence-corrected chi connectivity index (χ3v) is 7.81. The highest BCUT2D eigenvalue weighted by molar-refractivity contribution is 7.93. The molecule has 7 nitrogen and oxygen atoms in total. The lowest BCUT2D eigenvalue weighted by molar-refractivity contribution is 0.204. The summed E-state index contributed by atoms with van der Waals surface area (Å²) in [4.78, 5) is 2.14. The van der Waals surface area contributed by atoms with Gasteiger partial charge in [-0.25, -0.2) is 13.1 Å². The van der Waals surface area contributed by atoms with E-state index in [9.17, 15) is 13.7 Å². The van der Waals surface area contributed by atoms with Gasteiger partial charge in [0, 0.05) is 56.4 Å². The van der Waals surface area contributed by atoms with Crippen molar-refractivity contribution in [1.82, 2.24) is 9.29 Å². The molecule has 36 heavy (non-hydrogen) atoms. The Balaban J connectivity index is 1.96. The molecule has 0 aliphatic heterocycles. The molecule has 192 valence electrons. The quantitative estimate of drug-likeness (QED) is 0.265. The molecule has 0 fully saturated rings. The number of fused-ring (bicyclic) bond motifs is 1. The van der Waals surface area contributed by atoms with Crippen LogP contribution in [0, 0.1) is 11.3 Å². The molecule has 0 saturated carbocycles. The first kappa shape index (κ1) is 27.5. The van der Waals surface area contributed by atoms with Crippen LogP contribution in [0.5, 0.6) is 0 Å². The van der Waals surface area contributed by atoms with Gasteiger partial charge in [0.15, 0.2) is 4.91 Å². The summed E-state index contributed by atoms with van der Waals surface area (Å²) in [6.45, 7) is 8.47. The molecular formula is C28H36N4O3S. The van der Waals surface area contributed by atoms with Crippen molar-refractivity contribution in [3.63, 3.8) is 0 Å². The van der Waals surface area contributed by atoms with Crippen LogP contribution in [-0.2, 0) is 21.8 Å². The van der Waals surface area contributed by atoms with Gasteiger partial charge in [-0.1, -0.05) is 32.0 Å². The molecule has 1 heterocycles. The SMILES string of the molecule is CCCN(CCC)c1ccc2cc(-c3ccc(/C(C)=C(\C#N)S(=O)(=O)NCCOC)n3C)ccc2c1. The Labute approximate surface area is 215 Å². The first-order chi connectivity index (χ1) is 17.3. The number of allylic oxidation sites excluding steroid dienone is 2. The molecule has 0 spiro atoms. The largest absolute Gasteiger partial charge is 0.383 e. The van der Waals surface area contributed by atoms with Gasteiger partial charge in [-0.05, 0) is 66.4 Å². The number of aromatic nitrogens is 1. The molecule has 0 saturated heterocycles. The molecular weight excluding hydrogens is 472 g/mol. The number of methoxy groups -OCH3 is 1. The van der Waals surface area contributed by atoms with Crippen molar-refractivity contribution in [2.45, 2.75) is 33.6 Å². The van der Waals surface area contributed by atoms with E-state index in [4.69, 9.17) is 4.74 Å². The van der Waals surface area contributed by atoms with Crippen molar-refractivity contribution in [3.8, 4) is 17.3 Å². The van der Waals surface area contributed by atoms with Crippen molar-refractivity contribution >= 4 is 32.1 Å². The summed E-state index contributed by atoms with van der Waals surface area (Å²) >= 11 is 0. The maximum Gasteiger partial charge on any atom is 0.251 e. The maximum atomic E-state index is 12.7. The van der Waals surface area contributed by atoms with Crippen molar-refractivity contribution < 1.29 is 13.2 Å². The number of sulfonamides is 1. The number of nitrogens with one attached hydrogen (secondary N) is 1. The average Bonchev–Trinajstić information content (AvgIpc) is 3.24. The summed E-state index contributed by atoms with van der Waals surface area (Å²) in [6, 6.07) is 18.6. The first-order valence-electron chi connectivity index (χ1n) is 12.3. The van der Waals surface area contributed by atoms with E-state index in [-0.39, 0.29) is 18.1 Å². The monoisotopic (exact) mass is 508 g/mol. The number of benzene rings is 2. The van der Waals surface area contributed by atoms with Gasteiger partial charge in [0.05, 0.1) is 6.61 Å². The zero-order chi connectivity index (χ0) is 26.3. The number of ether oxygens (including phenoxy) is 1. The van der Waals surface area contributed by atoms with Crippen molar-refractivity contribution in [3.05, 3.63) is 59.1 Å². The molecule has 3 aromatic rings. The van der Waals surface area contributed by atoms with Crippen LogP contribution in [-0.4, -0.2) is 46.3 Å². The highest BCUT2D eigenvalue weighted by atomic mass is 32.2. The summed E-state index contributed by atoms with van der Waals surface area (Å²) in [5.41, 5.74) is 4.27. The zero-order valence-corrected chi connectivity index (χ0v) is 22.7. The van der Waals surface area contributed by atoms with E-state index in [0.29, 0.717) is 11.3 Å². The van der Waals surface area contributed by atoms with E-state index in [1.54, 1.807) is 6.92 Å². The normalized spacial score (nSPS) is 12.4. The molecule has 1 N–H and O–H groups in total. The lowest BCUT2D eigenvalue weighted by Crippen LogP contribution is -2.28. The number of hydrogen-bond donors (Lipinski definition) is 1. The van der Waals surface area contributed by atoms with Crippen molar-refractivity contribution in [1.29, 1.82) is 5.26 Å². The Morgan fingerprint density at radius 3 is 2.36 bits per heavy atom. The molecule has 0 aliphatic carbocycles. The van der Waals surface area contributed by atoms with E-state index < -0.39 is 10.0 Å². The lowest BCUT2D eigenvalue weighted by Gasteiger charge is -2.24. The van der Waals surface area contributed by atoms with Gasteiger partial charge in [-0.3, -0.25) is 0 Å². The Hall–Kier alpha value is -3.12. The van der Waals surface area contributed by atoms with E-state index in [1.165, 1.54) is 18.2 Å². The molecule has 0 atom stereocenters.